The van der Waals surface area contributed by atoms with Crippen molar-refractivity contribution >= 4 is 11.6 Å². The molecule has 5 heteroatoms. The van der Waals surface area contributed by atoms with E-state index in [9.17, 15) is 0 Å². The third kappa shape index (κ3) is 3.84. The molecule has 1 atom stereocenters. The zero-order valence-corrected chi connectivity index (χ0v) is 9.26. The predicted molar refractivity (Wildman–Crippen MR) is 63.0 cm³/mol. The van der Waals surface area contributed by atoms with Gasteiger partial charge >= 0.3 is 0 Å². The molecule has 0 saturated heterocycles. The normalized spacial score (nSPS) is 11.2. The van der Waals surface area contributed by atoms with Gasteiger partial charge in [-0.05, 0) is 23.2 Å². The highest BCUT2D eigenvalue weighted by molar-refractivity contribution is 6.30. The van der Waals surface area contributed by atoms with E-state index in [0.29, 0.717) is 5.02 Å². The Labute approximate surface area is 98.8 Å². The van der Waals surface area contributed by atoms with Gasteiger partial charge in [-0.15, -0.1) is 6.42 Å². The molecule has 0 heterocycles. The van der Waals surface area contributed by atoms with Gasteiger partial charge in [0.25, 0.3) is 0 Å². The minimum atomic E-state index is -0.379. The van der Waals surface area contributed by atoms with E-state index in [1.54, 1.807) is 24.3 Å². The van der Waals surface area contributed by atoms with Crippen molar-refractivity contribution in [1.29, 1.82) is 0 Å². The van der Waals surface area contributed by atoms with Gasteiger partial charge in [0, 0.05) is 9.93 Å². The lowest BCUT2D eigenvalue weighted by atomic mass is 10.1. The van der Waals surface area contributed by atoms with E-state index in [1.807, 2.05) is 0 Å². The lowest BCUT2D eigenvalue weighted by Gasteiger charge is -2.10. The average molecular weight is 236 g/mol. The van der Waals surface area contributed by atoms with Crippen molar-refractivity contribution in [2.75, 3.05) is 13.2 Å². The monoisotopic (exact) mass is 235 g/mol. The van der Waals surface area contributed by atoms with E-state index >= 15 is 0 Å². The summed E-state index contributed by atoms with van der Waals surface area (Å²) in [4.78, 5) is 2.77. The van der Waals surface area contributed by atoms with Gasteiger partial charge in [0.05, 0.1) is 12.6 Å². The summed E-state index contributed by atoms with van der Waals surface area (Å²) in [7, 11) is 0. The van der Waals surface area contributed by atoms with Crippen LogP contribution in [0.4, 0.5) is 0 Å². The molecule has 0 aliphatic carbocycles. The topological polar surface area (TPSA) is 58.0 Å². The van der Waals surface area contributed by atoms with Crippen molar-refractivity contribution < 1.29 is 4.74 Å². The zero-order valence-electron chi connectivity index (χ0n) is 8.51. The van der Waals surface area contributed by atoms with Crippen LogP contribution in [0.2, 0.25) is 5.02 Å². The minimum absolute atomic E-state index is 0.199. The largest absolute Gasteiger partial charge is 0.368 e. The third-order valence-corrected chi connectivity index (χ3v) is 2.16. The summed E-state index contributed by atoms with van der Waals surface area (Å²) < 4.78 is 5.15. The van der Waals surface area contributed by atoms with Crippen molar-refractivity contribution in [3.05, 3.63) is 45.3 Å². The molecule has 16 heavy (non-hydrogen) atoms. The Morgan fingerprint density at radius 2 is 2.19 bits per heavy atom. The van der Waals surface area contributed by atoms with Crippen LogP contribution in [-0.2, 0) is 4.74 Å². The number of nitrogens with zero attached hydrogens (tertiary/aromatic N) is 3. The second-order valence-corrected chi connectivity index (χ2v) is 3.43. The Morgan fingerprint density at radius 1 is 1.50 bits per heavy atom. The van der Waals surface area contributed by atoms with Gasteiger partial charge in [0.2, 0.25) is 0 Å². The molecule has 0 N–H and O–H groups in total. The molecule has 0 radical (unpaired) electrons. The van der Waals surface area contributed by atoms with Crippen LogP contribution in [0.15, 0.2) is 29.4 Å². The Balaban J connectivity index is 2.73. The Morgan fingerprint density at radius 3 is 2.75 bits per heavy atom. The minimum Gasteiger partial charge on any atom is -0.368 e. The Hall–Kier alpha value is -1.66. The first-order valence-electron chi connectivity index (χ1n) is 4.59. The highest BCUT2D eigenvalue weighted by Gasteiger charge is 2.09. The maximum Gasteiger partial charge on any atom is 0.107 e. The number of halogens is 1. The fourth-order valence-corrected chi connectivity index (χ4v) is 1.30. The quantitative estimate of drug-likeness (QED) is 0.254. The van der Waals surface area contributed by atoms with Gasteiger partial charge in [-0.25, -0.2) is 0 Å². The van der Waals surface area contributed by atoms with Gasteiger partial charge in [-0.1, -0.05) is 34.8 Å². The molecule has 0 bridgehead atoms. The van der Waals surface area contributed by atoms with Crippen LogP contribution < -0.4 is 0 Å². The molecule has 1 rings (SSSR count). The molecule has 0 aliphatic rings. The van der Waals surface area contributed by atoms with Crippen molar-refractivity contribution in [3.63, 3.8) is 0 Å². The number of benzene rings is 1. The number of hydrogen-bond acceptors (Lipinski definition) is 2. The molecule has 4 nitrogen and oxygen atoms in total. The van der Waals surface area contributed by atoms with E-state index in [1.165, 1.54) is 0 Å². The number of azide groups is 1. The summed E-state index contributed by atoms with van der Waals surface area (Å²) >= 11 is 5.76. The molecule has 0 saturated carbocycles. The first kappa shape index (κ1) is 12.4. The Kier molecular flexibility index (Phi) is 5.24. The van der Waals surface area contributed by atoms with Crippen LogP contribution in [0.1, 0.15) is 11.6 Å². The molecule has 0 fully saturated rings. The SMILES string of the molecule is C#CCOCC(N=[N+]=[N-])c1ccc(Cl)cc1. The fourth-order valence-electron chi connectivity index (χ4n) is 1.17. The second kappa shape index (κ2) is 6.76. The summed E-state index contributed by atoms with van der Waals surface area (Å²) in [6.45, 7) is 0.459. The van der Waals surface area contributed by atoms with Crippen LogP contribution >= 0.6 is 11.6 Å². The maximum atomic E-state index is 8.45. The molecular formula is C11H10ClN3O. The van der Waals surface area contributed by atoms with E-state index in [2.05, 4.69) is 15.9 Å². The van der Waals surface area contributed by atoms with E-state index in [-0.39, 0.29) is 19.3 Å². The summed E-state index contributed by atoms with van der Waals surface area (Å²) in [5.74, 6) is 2.35. The van der Waals surface area contributed by atoms with Crippen molar-refractivity contribution in [3.8, 4) is 12.3 Å². The molecular weight excluding hydrogens is 226 g/mol. The van der Waals surface area contributed by atoms with E-state index in [0.717, 1.165) is 5.56 Å². The summed E-state index contributed by atoms with van der Waals surface area (Å²) in [5.41, 5.74) is 9.29. The molecule has 0 amide bonds. The van der Waals surface area contributed by atoms with Crippen molar-refractivity contribution in [1.82, 2.24) is 0 Å². The fraction of sp³-hybridized carbons (Fsp3) is 0.273. The highest BCUT2D eigenvalue weighted by atomic mass is 35.5. The first-order chi connectivity index (χ1) is 7.77. The van der Waals surface area contributed by atoms with Crippen molar-refractivity contribution in [2.24, 2.45) is 5.11 Å². The number of terminal acetylenes is 1. The standard InChI is InChI=1S/C11H10ClN3O/c1-2-7-16-8-11(14-15-13)9-3-5-10(12)6-4-9/h1,3-6,11H,7-8H2. The van der Waals surface area contributed by atoms with Crippen LogP contribution in [0.25, 0.3) is 10.4 Å². The molecule has 82 valence electrons. The predicted octanol–water partition coefficient (Wildman–Crippen LogP) is 3.34. The molecule has 0 spiro atoms. The number of ether oxygens (including phenoxy) is 1. The molecule has 1 aromatic rings. The van der Waals surface area contributed by atoms with Crippen molar-refractivity contribution in [2.45, 2.75) is 6.04 Å². The third-order valence-electron chi connectivity index (χ3n) is 1.91. The Bertz CT molecular complexity index is 418. The first-order valence-corrected chi connectivity index (χ1v) is 4.96. The van der Waals surface area contributed by atoms with Gasteiger partial charge in [0.1, 0.15) is 6.61 Å². The van der Waals surface area contributed by atoms with Gasteiger partial charge in [0.15, 0.2) is 0 Å². The summed E-state index contributed by atoms with van der Waals surface area (Å²) in [6.07, 6.45) is 5.05. The van der Waals surface area contributed by atoms with Gasteiger partial charge < -0.3 is 4.74 Å². The summed E-state index contributed by atoms with van der Waals surface area (Å²) in [5, 5.41) is 4.27. The summed E-state index contributed by atoms with van der Waals surface area (Å²) in [6, 6.07) is 6.67. The van der Waals surface area contributed by atoms with Crippen LogP contribution in [0, 0.1) is 12.3 Å². The number of hydrogen-bond donors (Lipinski definition) is 0. The van der Waals surface area contributed by atoms with E-state index in [4.69, 9.17) is 28.3 Å². The lowest BCUT2D eigenvalue weighted by molar-refractivity contribution is 0.152. The number of rotatable bonds is 5. The molecule has 0 aliphatic heterocycles. The highest BCUT2D eigenvalue weighted by Crippen LogP contribution is 2.20. The smallest absolute Gasteiger partial charge is 0.107 e. The zero-order chi connectivity index (χ0) is 11.8. The van der Waals surface area contributed by atoms with Crippen LogP contribution in [-0.4, -0.2) is 13.2 Å². The molecule has 1 unspecified atom stereocenters. The molecule has 1 aromatic carbocycles. The van der Waals surface area contributed by atoms with Crippen LogP contribution in [0.3, 0.4) is 0 Å². The van der Waals surface area contributed by atoms with E-state index < -0.39 is 0 Å². The molecule has 0 aromatic heterocycles. The maximum absolute atomic E-state index is 8.45. The van der Waals surface area contributed by atoms with Gasteiger partial charge in [-0.3, -0.25) is 0 Å². The lowest BCUT2D eigenvalue weighted by Crippen LogP contribution is -2.05. The second-order valence-electron chi connectivity index (χ2n) is 2.99. The average Bonchev–Trinajstić information content (AvgIpc) is 2.29. The van der Waals surface area contributed by atoms with Crippen LogP contribution in [0.5, 0.6) is 0 Å². The van der Waals surface area contributed by atoms with Gasteiger partial charge in [-0.2, -0.15) is 0 Å².